The van der Waals surface area contributed by atoms with Gasteiger partial charge in [-0.2, -0.15) is 11.8 Å². The first kappa shape index (κ1) is 16.1. The molecular formula is C14H23NO3S. The van der Waals surface area contributed by atoms with Crippen molar-refractivity contribution in [1.29, 1.82) is 0 Å². The topological polar surface area (TPSA) is 47.6 Å². The minimum Gasteiger partial charge on any atom is -0.465 e. The van der Waals surface area contributed by atoms with Crippen molar-refractivity contribution in [3.63, 3.8) is 0 Å². The number of rotatable bonds is 10. The Hall–Kier alpha value is -0.940. The molecule has 0 saturated carbocycles. The van der Waals surface area contributed by atoms with E-state index in [2.05, 4.69) is 17.6 Å². The molecule has 0 spiro atoms. The van der Waals surface area contributed by atoms with E-state index in [1.807, 2.05) is 6.92 Å². The van der Waals surface area contributed by atoms with Crippen LogP contribution >= 0.6 is 11.8 Å². The zero-order chi connectivity index (χ0) is 13.9. The maximum atomic E-state index is 11.1. The molecule has 0 aromatic carbocycles. The number of ether oxygens (including phenoxy) is 1. The molecule has 0 aromatic heterocycles. The van der Waals surface area contributed by atoms with Gasteiger partial charge in [0.05, 0.1) is 25.2 Å². The Morgan fingerprint density at radius 3 is 3.00 bits per heavy atom. The van der Waals surface area contributed by atoms with Gasteiger partial charge in [0, 0.05) is 0 Å². The van der Waals surface area contributed by atoms with E-state index in [4.69, 9.17) is 9.57 Å². The highest BCUT2D eigenvalue weighted by Gasteiger charge is 2.09. The van der Waals surface area contributed by atoms with E-state index in [1.54, 1.807) is 18.9 Å². The molecule has 0 aromatic rings. The predicted octanol–water partition coefficient (Wildman–Crippen LogP) is 2.82. The van der Waals surface area contributed by atoms with Crippen LogP contribution in [0.4, 0.5) is 0 Å². The molecule has 0 heterocycles. The number of allylic oxidation sites excluding steroid dienone is 3. The molecule has 0 amide bonds. The Labute approximate surface area is 119 Å². The largest absolute Gasteiger partial charge is 0.465 e. The molecule has 1 aliphatic rings. The van der Waals surface area contributed by atoms with Crippen molar-refractivity contribution in [3.8, 4) is 0 Å². The van der Waals surface area contributed by atoms with Crippen molar-refractivity contribution in [1.82, 2.24) is 5.48 Å². The first-order valence-electron chi connectivity index (χ1n) is 6.69. The fraction of sp³-hybridized carbons (Fsp3) is 0.643. The van der Waals surface area contributed by atoms with Gasteiger partial charge in [0.2, 0.25) is 0 Å². The summed E-state index contributed by atoms with van der Waals surface area (Å²) < 4.78 is 4.87. The van der Waals surface area contributed by atoms with E-state index in [0.29, 0.717) is 12.4 Å². The Balaban J connectivity index is 2.02. The molecule has 108 valence electrons. The van der Waals surface area contributed by atoms with Crippen LogP contribution in [0.3, 0.4) is 0 Å². The molecule has 0 fully saturated rings. The van der Waals surface area contributed by atoms with Gasteiger partial charge in [0.1, 0.15) is 0 Å². The molecule has 4 nitrogen and oxygen atoms in total. The lowest BCUT2D eigenvalue weighted by Crippen LogP contribution is -2.11. The predicted molar refractivity (Wildman–Crippen MR) is 78.7 cm³/mol. The lowest BCUT2D eigenvalue weighted by molar-refractivity contribution is -0.139. The van der Waals surface area contributed by atoms with Crippen LogP contribution in [-0.2, 0) is 14.4 Å². The molecule has 5 heteroatoms. The fourth-order valence-corrected chi connectivity index (χ4v) is 2.69. The number of esters is 1. The summed E-state index contributed by atoms with van der Waals surface area (Å²) in [6, 6.07) is 0. The molecule has 1 aliphatic carbocycles. The second-order valence-electron chi connectivity index (χ2n) is 4.20. The summed E-state index contributed by atoms with van der Waals surface area (Å²) in [5.41, 5.74) is 5.33. The number of carbonyl (C=O) groups is 1. The van der Waals surface area contributed by atoms with Crippen molar-refractivity contribution in [2.24, 2.45) is 0 Å². The average molecular weight is 285 g/mol. The maximum absolute atomic E-state index is 11.1. The molecular weight excluding hydrogens is 262 g/mol. The van der Waals surface area contributed by atoms with Crippen LogP contribution in [0.2, 0.25) is 0 Å². The molecule has 1 N–H and O–H groups in total. The summed E-state index contributed by atoms with van der Waals surface area (Å²) in [4.78, 5) is 16.1. The quantitative estimate of drug-likeness (QED) is 0.380. The van der Waals surface area contributed by atoms with Gasteiger partial charge in [0.25, 0.3) is 0 Å². The number of hydroxylamine groups is 1. The molecule has 0 aliphatic heterocycles. The zero-order valence-corrected chi connectivity index (χ0v) is 12.6. The number of unbranched alkanes of at least 4 members (excludes halogenated alkanes) is 1. The third kappa shape index (κ3) is 6.68. The van der Waals surface area contributed by atoms with Crippen LogP contribution in [0, 0.1) is 0 Å². The number of nitrogens with one attached hydrogen (secondary N) is 1. The Morgan fingerprint density at radius 1 is 1.42 bits per heavy atom. The van der Waals surface area contributed by atoms with Crippen LogP contribution < -0.4 is 5.48 Å². The van der Waals surface area contributed by atoms with E-state index >= 15 is 0 Å². The first-order valence-corrected chi connectivity index (χ1v) is 7.85. The van der Waals surface area contributed by atoms with Gasteiger partial charge in [-0.25, -0.2) is 0 Å². The van der Waals surface area contributed by atoms with E-state index in [0.717, 1.165) is 37.1 Å². The second kappa shape index (κ2) is 9.92. The van der Waals surface area contributed by atoms with Crippen molar-refractivity contribution in [3.05, 3.63) is 23.4 Å². The highest BCUT2D eigenvalue weighted by Crippen LogP contribution is 2.22. The van der Waals surface area contributed by atoms with Crippen LogP contribution in [0.5, 0.6) is 0 Å². The average Bonchev–Trinajstić information content (AvgIpc) is 2.82. The monoisotopic (exact) mass is 285 g/mol. The normalized spacial score (nSPS) is 14.0. The van der Waals surface area contributed by atoms with Gasteiger partial charge in [0.15, 0.2) is 0 Å². The summed E-state index contributed by atoms with van der Waals surface area (Å²) in [6.07, 6.45) is 8.65. The van der Waals surface area contributed by atoms with Crippen molar-refractivity contribution in [2.75, 3.05) is 25.2 Å². The summed E-state index contributed by atoms with van der Waals surface area (Å²) in [5, 5.41) is 0. The standard InChI is InChI=1S/C14H23NO3S/c1-3-18-14(16)11-19-10-5-4-7-12-8-6-9-13(12)15-17-2/h8-9,15H,3-7,10-11H2,1-2H3. The third-order valence-electron chi connectivity index (χ3n) is 2.75. The van der Waals surface area contributed by atoms with E-state index < -0.39 is 0 Å². The third-order valence-corrected chi connectivity index (χ3v) is 3.77. The first-order chi connectivity index (χ1) is 9.27. The SMILES string of the molecule is CCOC(=O)CSCCCCC1=CCC=C1NOC. The number of hydrogen-bond acceptors (Lipinski definition) is 5. The highest BCUT2D eigenvalue weighted by atomic mass is 32.2. The van der Waals surface area contributed by atoms with E-state index in [1.165, 1.54) is 5.57 Å². The van der Waals surface area contributed by atoms with Crippen LogP contribution in [-0.4, -0.2) is 31.2 Å². The fourth-order valence-electron chi connectivity index (χ4n) is 1.89. The zero-order valence-electron chi connectivity index (χ0n) is 11.7. The summed E-state index contributed by atoms with van der Waals surface area (Å²) >= 11 is 1.65. The molecule has 19 heavy (non-hydrogen) atoms. The second-order valence-corrected chi connectivity index (χ2v) is 5.31. The van der Waals surface area contributed by atoms with Gasteiger partial charge in [-0.15, -0.1) is 0 Å². The van der Waals surface area contributed by atoms with E-state index in [-0.39, 0.29) is 5.97 Å². The van der Waals surface area contributed by atoms with Gasteiger partial charge in [-0.3, -0.25) is 15.1 Å². The summed E-state index contributed by atoms with van der Waals surface area (Å²) in [7, 11) is 1.63. The summed E-state index contributed by atoms with van der Waals surface area (Å²) in [6.45, 7) is 2.30. The van der Waals surface area contributed by atoms with E-state index in [9.17, 15) is 4.79 Å². The minimum absolute atomic E-state index is 0.111. The Morgan fingerprint density at radius 2 is 2.26 bits per heavy atom. The molecule has 1 rings (SSSR count). The molecule has 0 radical (unpaired) electrons. The highest BCUT2D eigenvalue weighted by molar-refractivity contribution is 7.99. The Kier molecular flexibility index (Phi) is 8.41. The van der Waals surface area contributed by atoms with Crippen LogP contribution in [0.1, 0.15) is 32.6 Å². The minimum atomic E-state index is -0.111. The van der Waals surface area contributed by atoms with Crippen LogP contribution in [0.15, 0.2) is 23.4 Å². The smallest absolute Gasteiger partial charge is 0.315 e. The van der Waals surface area contributed by atoms with Crippen molar-refractivity contribution in [2.45, 2.75) is 32.6 Å². The number of hydrogen-bond donors (Lipinski definition) is 1. The van der Waals surface area contributed by atoms with Gasteiger partial charge < -0.3 is 4.74 Å². The molecule has 0 atom stereocenters. The lowest BCUT2D eigenvalue weighted by atomic mass is 10.1. The number of thioether (sulfide) groups is 1. The molecule has 0 bridgehead atoms. The van der Waals surface area contributed by atoms with Crippen molar-refractivity contribution >= 4 is 17.7 Å². The van der Waals surface area contributed by atoms with Gasteiger partial charge in [-0.05, 0) is 43.9 Å². The maximum Gasteiger partial charge on any atom is 0.315 e. The van der Waals surface area contributed by atoms with Gasteiger partial charge >= 0.3 is 5.97 Å². The number of carbonyl (C=O) groups excluding carboxylic acids is 1. The summed E-state index contributed by atoms with van der Waals surface area (Å²) in [5.74, 6) is 1.36. The van der Waals surface area contributed by atoms with Crippen molar-refractivity contribution < 1.29 is 14.4 Å². The van der Waals surface area contributed by atoms with Gasteiger partial charge in [-0.1, -0.05) is 12.2 Å². The molecule has 0 saturated heterocycles. The lowest BCUT2D eigenvalue weighted by Gasteiger charge is -2.09. The molecule has 0 unspecified atom stereocenters. The van der Waals surface area contributed by atoms with Crippen LogP contribution in [0.25, 0.3) is 0 Å². The Bertz CT molecular complexity index is 340.